The van der Waals surface area contributed by atoms with E-state index in [0.29, 0.717) is 19.4 Å². The maximum absolute atomic E-state index is 11.9. The highest BCUT2D eigenvalue weighted by molar-refractivity contribution is 5.83. The van der Waals surface area contributed by atoms with E-state index in [1.54, 1.807) is 0 Å². The molecule has 5 heteroatoms. The first-order chi connectivity index (χ1) is 10.3. The number of allylic oxidation sites excluding steroid dienone is 1. The molecule has 0 atom stereocenters. The van der Waals surface area contributed by atoms with E-state index in [1.807, 2.05) is 4.90 Å². The standard InChI is InChI=1S/C16H27N3O2/c20-15(18-9-8-14-4-2-1-3-5-14)6-7-16(21)19-12-10-17-11-13-19/h4,17H,1-3,5-13H2,(H,18,20). The lowest BCUT2D eigenvalue weighted by molar-refractivity contribution is -0.134. The molecule has 1 saturated heterocycles. The Morgan fingerprint density at radius 3 is 2.71 bits per heavy atom. The summed E-state index contributed by atoms with van der Waals surface area (Å²) in [5.41, 5.74) is 1.47. The lowest BCUT2D eigenvalue weighted by Gasteiger charge is -2.27. The molecular weight excluding hydrogens is 266 g/mol. The second-order valence-corrected chi connectivity index (χ2v) is 5.84. The van der Waals surface area contributed by atoms with Crippen LogP contribution in [-0.4, -0.2) is 49.4 Å². The van der Waals surface area contributed by atoms with Crippen molar-refractivity contribution in [1.82, 2.24) is 15.5 Å². The number of piperazine rings is 1. The van der Waals surface area contributed by atoms with Gasteiger partial charge in [0.05, 0.1) is 0 Å². The number of carbonyl (C=O) groups excluding carboxylic acids is 2. The van der Waals surface area contributed by atoms with Crippen molar-refractivity contribution in [3.05, 3.63) is 11.6 Å². The van der Waals surface area contributed by atoms with Crippen molar-refractivity contribution in [3.63, 3.8) is 0 Å². The van der Waals surface area contributed by atoms with E-state index in [9.17, 15) is 9.59 Å². The Labute approximate surface area is 127 Å². The Hall–Kier alpha value is -1.36. The van der Waals surface area contributed by atoms with E-state index in [4.69, 9.17) is 0 Å². The minimum absolute atomic E-state index is 0.00473. The largest absolute Gasteiger partial charge is 0.356 e. The summed E-state index contributed by atoms with van der Waals surface area (Å²) in [6, 6.07) is 0. The number of carbonyl (C=O) groups is 2. The Bertz CT molecular complexity index is 387. The molecule has 2 N–H and O–H groups in total. The predicted molar refractivity (Wildman–Crippen MR) is 82.9 cm³/mol. The average molecular weight is 293 g/mol. The molecule has 0 spiro atoms. The summed E-state index contributed by atoms with van der Waals surface area (Å²) in [7, 11) is 0. The third-order valence-electron chi connectivity index (χ3n) is 4.19. The Morgan fingerprint density at radius 1 is 1.19 bits per heavy atom. The van der Waals surface area contributed by atoms with Crippen molar-refractivity contribution in [2.75, 3.05) is 32.7 Å². The van der Waals surface area contributed by atoms with Crippen LogP contribution in [0.15, 0.2) is 11.6 Å². The zero-order chi connectivity index (χ0) is 14.9. The lowest BCUT2D eigenvalue weighted by atomic mass is 9.97. The van der Waals surface area contributed by atoms with Gasteiger partial charge < -0.3 is 15.5 Å². The SMILES string of the molecule is O=C(CCC(=O)N1CCNCC1)NCCC1=CCCCC1. The van der Waals surface area contributed by atoms with Crippen LogP contribution in [0, 0.1) is 0 Å². The van der Waals surface area contributed by atoms with E-state index >= 15 is 0 Å². The molecule has 2 amide bonds. The molecular formula is C16H27N3O2. The molecule has 1 fully saturated rings. The summed E-state index contributed by atoms with van der Waals surface area (Å²) < 4.78 is 0. The second-order valence-electron chi connectivity index (χ2n) is 5.84. The van der Waals surface area contributed by atoms with Gasteiger partial charge in [-0.3, -0.25) is 9.59 Å². The van der Waals surface area contributed by atoms with Crippen LogP contribution in [0.3, 0.4) is 0 Å². The second kappa shape index (κ2) is 8.82. The van der Waals surface area contributed by atoms with Crippen molar-refractivity contribution >= 4 is 11.8 Å². The third kappa shape index (κ3) is 5.87. The zero-order valence-electron chi connectivity index (χ0n) is 12.8. The fourth-order valence-electron chi connectivity index (χ4n) is 2.88. The van der Waals surface area contributed by atoms with E-state index in [1.165, 1.54) is 31.3 Å². The van der Waals surface area contributed by atoms with Crippen molar-refractivity contribution in [3.8, 4) is 0 Å². The lowest BCUT2D eigenvalue weighted by Crippen LogP contribution is -2.46. The van der Waals surface area contributed by atoms with Crippen LogP contribution in [0.4, 0.5) is 0 Å². The Balaban J connectivity index is 1.56. The molecule has 0 unspecified atom stereocenters. The van der Waals surface area contributed by atoms with Gasteiger partial charge in [-0.15, -0.1) is 0 Å². The van der Waals surface area contributed by atoms with Gasteiger partial charge in [-0.1, -0.05) is 11.6 Å². The third-order valence-corrected chi connectivity index (χ3v) is 4.19. The van der Waals surface area contributed by atoms with Gasteiger partial charge in [-0.25, -0.2) is 0 Å². The topological polar surface area (TPSA) is 61.4 Å². The molecule has 118 valence electrons. The van der Waals surface area contributed by atoms with Crippen LogP contribution in [0.25, 0.3) is 0 Å². The normalized spacial score (nSPS) is 19.0. The maximum Gasteiger partial charge on any atom is 0.223 e. The number of hydrogen-bond donors (Lipinski definition) is 2. The average Bonchev–Trinajstić information content (AvgIpc) is 2.54. The molecule has 1 aliphatic carbocycles. The van der Waals surface area contributed by atoms with Crippen LogP contribution in [0.5, 0.6) is 0 Å². The smallest absolute Gasteiger partial charge is 0.223 e. The Morgan fingerprint density at radius 2 is 2.00 bits per heavy atom. The molecule has 1 aliphatic heterocycles. The summed E-state index contributed by atoms with van der Waals surface area (Å²) in [6.07, 6.45) is 8.83. The minimum atomic E-state index is -0.00473. The van der Waals surface area contributed by atoms with E-state index < -0.39 is 0 Å². The van der Waals surface area contributed by atoms with Crippen molar-refractivity contribution in [1.29, 1.82) is 0 Å². The molecule has 0 saturated carbocycles. The molecule has 0 aromatic carbocycles. The number of nitrogens with one attached hydrogen (secondary N) is 2. The van der Waals surface area contributed by atoms with E-state index in [-0.39, 0.29) is 11.8 Å². The minimum Gasteiger partial charge on any atom is -0.356 e. The maximum atomic E-state index is 11.9. The first-order valence-corrected chi connectivity index (χ1v) is 8.19. The molecule has 2 aliphatic rings. The van der Waals surface area contributed by atoms with Gasteiger partial charge in [-0.05, 0) is 32.1 Å². The molecule has 0 aromatic heterocycles. The van der Waals surface area contributed by atoms with E-state index in [0.717, 1.165) is 32.6 Å². The van der Waals surface area contributed by atoms with Crippen LogP contribution >= 0.6 is 0 Å². The van der Waals surface area contributed by atoms with Gasteiger partial charge >= 0.3 is 0 Å². The van der Waals surface area contributed by atoms with Gasteiger partial charge in [-0.2, -0.15) is 0 Å². The van der Waals surface area contributed by atoms with Crippen molar-refractivity contribution in [2.24, 2.45) is 0 Å². The highest BCUT2D eigenvalue weighted by Gasteiger charge is 2.16. The number of rotatable bonds is 6. The van der Waals surface area contributed by atoms with Crippen LogP contribution in [-0.2, 0) is 9.59 Å². The first-order valence-electron chi connectivity index (χ1n) is 8.19. The summed E-state index contributed by atoms with van der Waals surface area (Å²) in [5.74, 6) is 0.0940. The summed E-state index contributed by atoms with van der Waals surface area (Å²) in [6.45, 7) is 3.93. The van der Waals surface area contributed by atoms with Gasteiger partial charge in [0, 0.05) is 45.6 Å². The van der Waals surface area contributed by atoms with Crippen molar-refractivity contribution in [2.45, 2.75) is 44.9 Å². The number of hydrogen-bond acceptors (Lipinski definition) is 3. The molecule has 0 bridgehead atoms. The Kier molecular flexibility index (Phi) is 6.73. The summed E-state index contributed by atoms with van der Waals surface area (Å²) in [4.78, 5) is 25.5. The zero-order valence-corrected chi connectivity index (χ0v) is 12.8. The highest BCUT2D eigenvalue weighted by Crippen LogP contribution is 2.19. The van der Waals surface area contributed by atoms with Crippen molar-refractivity contribution < 1.29 is 9.59 Å². The van der Waals surface area contributed by atoms with Gasteiger partial charge in [0.2, 0.25) is 11.8 Å². The highest BCUT2D eigenvalue weighted by atomic mass is 16.2. The first kappa shape index (κ1) is 16.0. The van der Waals surface area contributed by atoms with Crippen LogP contribution in [0.2, 0.25) is 0 Å². The van der Waals surface area contributed by atoms with Crippen LogP contribution < -0.4 is 10.6 Å². The fraction of sp³-hybridized carbons (Fsp3) is 0.750. The number of amides is 2. The molecule has 1 heterocycles. The molecule has 2 rings (SSSR count). The predicted octanol–water partition coefficient (Wildman–Crippen LogP) is 1.21. The fourth-order valence-corrected chi connectivity index (χ4v) is 2.88. The monoisotopic (exact) mass is 293 g/mol. The molecule has 0 radical (unpaired) electrons. The van der Waals surface area contributed by atoms with Gasteiger partial charge in [0.1, 0.15) is 0 Å². The van der Waals surface area contributed by atoms with Gasteiger partial charge in [0.25, 0.3) is 0 Å². The molecule has 21 heavy (non-hydrogen) atoms. The van der Waals surface area contributed by atoms with Gasteiger partial charge in [0.15, 0.2) is 0 Å². The quantitative estimate of drug-likeness (QED) is 0.724. The molecule has 0 aromatic rings. The van der Waals surface area contributed by atoms with Crippen LogP contribution in [0.1, 0.15) is 44.9 Å². The molecule has 5 nitrogen and oxygen atoms in total. The summed E-state index contributed by atoms with van der Waals surface area (Å²) >= 11 is 0. The number of nitrogens with zero attached hydrogens (tertiary/aromatic N) is 1. The summed E-state index contributed by atoms with van der Waals surface area (Å²) in [5, 5.41) is 6.14. The van der Waals surface area contributed by atoms with E-state index in [2.05, 4.69) is 16.7 Å².